The molecule has 1 aliphatic rings. The summed E-state index contributed by atoms with van der Waals surface area (Å²) in [6.07, 6.45) is 4.45. The molecule has 1 fully saturated rings. The van der Waals surface area contributed by atoms with Gasteiger partial charge in [-0.3, -0.25) is 29.1 Å². The molecule has 0 aliphatic carbocycles. The minimum absolute atomic E-state index is 0.102. The summed E-state index contributed by atoms with van der Waals surface area (Å²) >= 11 is 0. The summed E-state index contributed by atoms with van der Waals surface area (Å²) < 4.78 is 2.73. The van der Waals surface area contributed by atoms with E-state index in [2.05, 4.69) is 15.5 Å². The molecule has 0 atom stereocenters. The first-order valence-electron chi connectivity index (χ1n) is 9.09. The minimum Gasteiger partial charge on any atom is -0.337 e. The van der Waals surface area contributed by atoms with Gasteiger partial charge in [0.2, 0.25) is 5.91 Å². The van der Waals surface area contributed by atoms with Crippen LogP contribution in [0.25, 0.3) is 0 Å². The highest BCUT2D eigenvalue weighted by atomic mass is 16.6. The standard InChI is InChI=1S/C17H23N7O4/c1-11-15(24(27)28)12(2)23(20-11)10-14(25)19-13-9-18-21(3)16(13)17(26)22-7-5-4-6-8-22/h9H,4-8,10H2,1-3H3,(H,19,25). The molecule has 0 bridgehead atoms. The molecule has 0 unspecified atom stereocenters. The van der Waals surface area contributed by atoms with Crippen LogP contribution in [0.4, 0.5) is 11.4 Å². The van der Waals surface area contributed by atoms with Gasteiger partial charge in [0.15, 0.2) is 0 Å². The minimum atomic E-state index is -0.511. The number of aromatic nitrogens is 4. The maximum atomic E-state index is 12.8. The Labute approximate surface area is 161 Å². The zero-order chi connectivity index (χ0) is 20.4. The van der Waals surface area contributed by atoms with Crippen molar-refractivity contribution in [3.8, 4) is 0 Å². The summed E-state index contributed by atoms with van der Waals surface area (Å²) in [4.78, 5) is 37.7. The van der Waals surface area contributed by atoms with Crippen molar-refractivity contribution in [3.63, 3.8) is 0 Å². The Hall–Kier alpha value is -3.24. The summed E-state index contributed by atoms with van der Waals surface area (Å²) in [5.74, 6) is -0.613. The van der Waals surface area contributed by atoms with Crippen molar-refractivity contribution in [2.45, 2.75) is 39.7 Å². The van der Waals surface area contributed by atoms with Crippen LogP contribution in [0.15, 0.2) is 6.20 Å². The normalized spacial score (nSPS) is 14.2. The number of rotatable bonds is 5. The van der Waals surface area contributed by atoms with Crippen molar-refractivity contribution in [2.75, 3.05) is 18.4 Å². The molecule has 11 heteroatoms. The summed E-state index contributed by atoms with van der Waals surface area (Å²) in [5, 5.41) is 22.0. The van der Waals surface area contributed by atoms with Crippen LogP contribution in [0.2, 0.25) is 0 Å². The van der Waals surface area contributed by atoms with Crippen molar-refractivity contribution in [1.82, 2.24) is 24.5 Å². The molecule has 0 saturated carbocycles. The Bertz CT molecular complexity index is 924. The zero-order valence-electron chi connectivity index (χ0n) is 16.1. The molecule has 150 valence electrons. The summed E-state index contributed by atoms with van der Waals surface area (Å²) in [5.41, 5.74) is 1.08. The van der Waals surface area contributed by atoms with E-state index in [1.54, 1.807) is 18.9 Å². The Morgan fingerprint density at radius 1 is 1.25 bits per heavy atom. The van der Waals surface area contributed by atoms with Crippen LogP contribution >= 0.6 is 0 Å². The quantitative estimate of drug-likeness (QED) is 0.608. The van der Waals surface area contributed by atoms with Gasteiger partial charge < -0.3 is 10.2 Å². The van der Waals surface area contributed by atoms with E-state index in [0.717, 1.165) is 19.3 Å². The number of carbonyl (C=O) groups excluding carboxylic acids is 2. The fourth-order valence-electron chi connectivity index (χ4n) is 3.46. The summed E-state index contributed by atoms with van der Waals surface area (Å²) in [7, 11) is 1.65. The molecule has 0 aromatic carbocycles. The van der Waals surface area contributed by atoms with Crippen molar-refractivity contribution >= 4 is 23.2 Å². The van der Waals surface area contributed by atoms with Crippen molar-refractivity contribution < 1.29 is 14.5 Å². The van der Waals surface area contributed by atoms with Crippen LogP contribution < -0.4 is 5.32 Å². The molecule has 3 rings (SSSR count). The highest BCUT2D eigenvalue weighted by molar-refractivity contribution is 6.02. The average molecular weight is 389 g/mol. The maximum absolute atomic E-state index is 12.8. The molecule has 2 amide bonds. The molecule has 1 N–H and O–H groups in total. The topological polar surface area (TPSA) is 128 Å². The van der Waals surface area contributed by atoms with Crippen LogP contribution in [0.1, 0.15) is 41.1 Å². The summed E-state index contributed by atoms with van der Waals surface area (Å²) in [6.45, 7) is 4.24. The van der Waals surface area contributed by atoms with Gasteiger partial charge in [0.1, 0.15) is 23.6 Å². The average Bonchev–Trinajstić information content (AvgIpc) is 3.14. The molecule has 0 spiro atoms. The first kappa shape index (κ1) is 19.5. The number of carbonyl (C=O) groups is 2. The van der Waals surface area contributed by atoms with E-state index >= 15 is 0 Å². The summed E-state index contributed by atoms with van der Waals surface area (Å²) in [6, 6.07) is 0. The smallest absolute Gasteiger partial charge is 0.312 e. The predicted octanol–water partition coefficient (Wildman–Crippen LogP) is 1.41. The monoisotopic (exact) mass is 389 g/mol. The Kier molecular flexibility index (Phi) is 5.43. The van der Waals surface area contributed by atoms with E-state index in [9.17, 15) is 19.7 Å². The molecule has 2 aromatic rings. The molecule has 3 heterocycles. The molecule has 2 aromatic heterocycles. The SMILES string of the molecule is Cc1nn(CC(=O)Nc2cnn(C)c2C(=O)N2CCCCC2)c(C)c1[N+](=O)[O-]. The molecular formula is C17H23N7O4. The van der Waals surface area contributed by atoms with E-state index < -0.39 is 10.8 Å². The Balaban J connectivity index is 1.76. The van der Waals surface area contributed by atoms with Crippen LogP contribution in [0.5, 0.6) is 0 Å². The van der Waals surface area contributed by atoms with Crippen molar-refractivity contribution in [3.05, 3.63) is 33.4 Å². The lowest BCUT2D eigenvalue weighted by molar-refractivity contribution is -0.386. The third-order valence-electron chi connectivity index (χ3n) is 4.88. The third-order valence-corrected chi connectivity index (χ3v) is 4.88. The number of aryl methyl sites for hydroxylation is 2. The van der Waals surface area contributed by atoms with Crippen molar-refractivity contribution in [2.24, 2.45) is 7.05 Å². The van der Waals surface area contributed by atoms with E-state index in [1.165, 1.54) is 22.5 Å². The van der Waals surface area contributed by atoms with E-state index in [-0.39, 0.29) is 23.8 Å². The first-order valence-corrected chi connectivity index (χ1v) is 9.09. The van der Waals surface area contributed by atoms with Crippen LogP contribution in [0, 0.1) is 24.0 Å². The van der Waals surface area contributed by atoms with Crippen LogP contribution in [-0.4, -0.2) is 54.3 Å². The largest absolute Gasteiger partial charge is 0.337 e. The van der Waals surface area contributed by atoms with Gasteiger partial charge in [-0.2, -0.15) is 10.2 Å². The molecule has 1 saturated heterocycles. The van der Waals surface area contributed by atoms with Gasteiger partial charge in [-0.05, 0) is 33.1 Å². The van der Waals surface area contributed by atoms with Gasteiger partial charge in [-0.25, -0.2) is 0 Å². The second kappa shape index (κ2) is 7.79. The van der Waals surface area contributed by atoms with E-state index in [0.29, 0.717) is 30.2 Å². The predicted molar refractivity (Wildman–Crippen MR) is 99.9 cm³/mol. The maximum Gasteiger partial charge on any atom is 0.312 e. The van der Waals surface area contributed by atoms with Crippen LogP contribution in [0.3, 0.4) is 0 Å². The number of hydrogen-bond acceptors (Lipinski definition) is 6. The fourth-order valence-corrected chi connectivity index (χ4v) is 3.46. The highest BCUT2D eigenvalue weighted by Gasteiger charge is 2.26. The number of anilines is 1. The van der Waals surface area contributed by atoms with Gasteiger partial charge in [0.05, 0.1) is 16.8 Å². The number of hydrogen-bond donors (Lipinski definition) is 1. The van der Waals surface area contributed by atoms with Crippen molar-refractivity contribution in [1.29, 1.82) is 0 Å². The second-order valence-corrected chi connectivity index (χ2v) is 6.87. The molecule has 1 aliphatic heterocycles. The number of likely N-dealkylation sites (tertiary alicyclic amines) is 1. The second-order valence-electron chi connectivity index (χ2n) is 6.87. The van der Waals surface area contributed by atoms with Gasteiger partial charge >= 0.3 is 5.69 Å². The molecular weight excluding hydrogens is 366 g/mol. The lowest BCUT2D eigenvalue weighted by atomic mass is 10.1. The lowest BCUT2D eigenvalue weighted by Crippen LogP contribution is -2.37. The molecule has 28 heavy (non-hydrogen) atoms. The number of nitrogens with zero attached hydrogens (tertiary/aromatic N) is 6. The Morgan fingerprint density at radius 3 is 2.54 bits per heavy atom. The Morgan fingerprint density at radius 2 is 1.93 bits per heavy atom. The number of amides is 2. The molecule has 0 radical (unpaired) electrons. The fraction of sp³-hybridized carbons (Fsp3) is 0.529. The van der Waals surface area contributed by atoms with Gasteiger partial charge in [0, 0.05) is 20.1 Å². The van der Waals surface area contributed by atoms with Gasteiger partial charge in [-0.1, -0.05) is 0 Å². The molecule has 11 nitrogen and oxygen atoms in total. The van der Waals surface area contributed by atoms with Crippen LogP contribution in [-0.2, 0) is 18.4 Å². The van der Waals surface area contributed by atoms with Gasteiger partial charge in [0.25, 0.3) is 5.91 Å². The van der Waals surface area contributed by atoms with E-state index in [1.807, 2.05) is 0 Å². The van der Waals surface area contributed by atoms with Gasteiger partial charge in [-0.15, -0.1) is 0 Å². The third kappa shape index (κ3) is 3.73. The first-order chi connectivity index (χ1) is 13.3. The highest BCUT2D eigenvalue weighted by Crippen LogP contribution is 2.22. The zero-order valence-corrected chi connectivity index (χ0v) is 16.1. The van der Waals surface area contributed by atoms with E-state index in [4.69, 9.17) is 0 Å². The number of nitro groups is 1. The number of nitrogens with one attached hydrogen (secondary N) is 1. The number of piperidine rings is 1. The lowest BCUT2D eigenvalue weighted by Gasteiger charge is -2.27.